The molecule has 2 aromatic rings. The number of aromatic nitrogens is 1. The van der Waals surface area contributed by atoms with Crippen LogP contribution in [0.3, 0.4) is 0 Å². The Balaban J connectivity index is 1.96. The third kappa shape index (κ3) is 2.76. The Morgan fingerprint density at radius 1 is 1.44 bits per heavy atom. The number of anilines is 1. The van der Waals surface area contributed by atoms with Crippen LogP contribution in [0, 0.1) is 0 Å². The number of nitrogens with one attached hydrogen (secondary N) is 1. The third-order valence-corrected chi connectivity index (χ3v) is 2.06. The predicted molar refractivity (Wildman–Crippen MR) is 61.4 cm³/mol. The first kappa shape index (κ1) is 10.5. The summed E-state index contributed by atoms with van der Waals surface area (Å²) in [5.74, 6) is 1.53. The molecule has 2 heterocycles. The molecule has 1 N–H and O–H groups in total. The van der Waals surface area contributed by atoms with Crippen molar-refractivity contribution in [3.05, 3.63) is 42.6 Å². The van der Waals surface area contributed by atoms with Crippen LogP contribution in [0.4, 0.5) is 5.69 Å². The van der Waals surface area contributed by atoms with Crippen molar-refractivity contribution in [1.82, 2.24) is 4.98 Å². The molecule has 0 saturated carbocycles. The second kappa shape index (κ2) is 5.21. The Hall–Kier alpha value is -1.97. The molecule has 0 bridgehead atoms. The van der Waals surface area contributed by atoms with Gasteiger partial charge in [0.05, 0.1) is 24.3 Å². The zero-order valence-corrected chi connectivity index (χ0v) is 9.14. The summed E-state index contributed by atoms with van der Waals surface area (Å²) >= 11 is 0. The number of furan rings is 1. The van der Waals surface area contributed by atoms with Crippen LogP contribution in [0.5, 0.6) is 5.75 Å². The molecule has 0 atom stereocenters. The molecule has 0 unspecified atom stereocenters. The number of hydrogen-bond acceptors (Lipinski definition) is 4. The van der Waals surface area contributed by atoms with Crippen molar-refractivity contribution < 1.29 is 9.15 Å². The molecule has 4 nitrogen and oxygen atoms in total. The average molecular weight is 218 g/mol. The van der Waals surface area contributed by atoms with Crippen molar-refractivity contribution in [2.24, 2.45) is 0 Å². The molecule has 0 spiro atoms. The topological polar surface area (TPSA) is 47.3 Å². The first-order chi connectivity index (χ1) is 7.88. The number of pyridine rings is 1. The molecule has 0 aliphatic heterocycles. The zero-order chi connectivity index (χ0) is 11.2. The van der Waals surface area contributed by atoms with Crippen LogP contribution in [0.15, 0.2) is 41.3 Å². The summed E-state index contributed by atoms with van der Waals surface area (Å²) < 4.78 is 10.7. The fourth-order valence-corrected chi connectivity index (χ4v) is 1.35. The lowest BCUT2D eigenvalue weighted by atomic mass is 10.4. The van der Waals surface area contributed by atoms with Crippen LogP contribution < -0.4 is 10.1 Å². The van der Waals surface area contributed by atoms with Crippen LogP contribution in [-0.2, 0) is 6.61 Å². The standard InChI is InChI=1S/C12H14N2O2/c1-2-14-10-6-12(8-13-7-10)16-9-11-4-3-5-15-11/h3-8,14H,2,9H2,1H3. The van der Waals surface area contributed by atoms with E-state index in [0.717, 1.165) is 23.7 Å². The summed E-state index contributed by atoms with van der Waals surface area (Å²) in [7, 11) is 0. The Labute approximate surface area is 94.3 Å². The minimum atomic E-state index is 0.421. The fourth-order valence-electron chi connectivity index (χ4n) is 1.35. The lowest BCUT2D eigenvalue weighted by Crippen LogP contribution is -1.99. The Morgan fingerprint density at radius 3 is 3.12 bits per heavy atom. The number of rotatable bonds is 5. The maximum absolute atomic E-state index is 5.54. The highest BCUT2D eigenvalue weighted by atomic mass is 16.5. The minimum absolute atomic E-state index is 0.421. The fraction of sp³-hybridized carbons (Fsp3) is 0.250. The van der Waals surface area contributed by atoms with Crippen LogP contribution in [0.25, 0.3) is 0 Å². The van der Waals surface area contributed by atoms with E-state index in [1.54, 1.807) is 18.7 Å². The molecule has 84 valence electrons. The monoisotopic (exact) mass is 218 g/mol. The van der Waals surface area contributed by atoms with E-state index in [-0.39, 0.29) is 0 Å². The van der Waals surface area contributed by atoms with Crippen molar-refractivity contribution in [3.8, 4) is 5.75 Å². The van der Waals surface area contributed by atoms with E-state index in [2.05, 4.69) is 10.3 Å². The molecule has 0 aliphatic rings. The van der Waals surface area contributed by atoms with Gasteiger partial charge in [-0.3, -0.25) is 4.98 Å². The van der Waals surface area contributed by atoms with Gasteiger partial charge in [-0.2, -0.15) is 0 Å². The maximum atomic E-state index is 5.54. The largest absolute Gasteiger partial charge is 0.484 e. The van der Waals surface area contributed by atoms with Gasteiger partial charge in [0, 0.05) is 12.6 Å². The second-order valence-corrected chi connectivity index (χ2v) is 3.31. The first-order valence-electron chi connectivity index (χ1n) is 5.22. The van der Waals surface area contributed by atoms with E-state index in [0.29, 0.717) is 6.61 Å². The van der Waals surface area contributed by atoms with E-state index in [4.69, 9.17) is 9.15 Å². The van der Waals surface area contributed by atoms with E-state index < -0.39 is 0 Å². The van der Waals surface area contributed by atoms with Crippen LogP contribution in [-0.4, -0.2) is 11.5 Å². The molecule has 4 heteroatoms. The van der Waals surface area contributed by atoms with Gasteiger partial charge in [-0.05, 0) is 19.1 Å². The van der Waals surface area contributed by atoms with E-state index >= 15 is 0 Å². The Morgan fingerprint density at radius 2 is 2.38 bits per heavy atom. The summed E-state index contributed by atoms with van der Waals surface area (Å²) in [5, 5.41) is 3.18. The van der Waals surface area contributed by atoms with Gasteiger partial charge >= 0.3 is 0 Å². The van der Waals surface area contributed by atoms with Crippen molar-refractivity contribution >= 4 is 5.69 Å². The van der Waals surface area contributed by atoms with Gasteiger partial charge in [-0.15, -0.1) is 0 Å². The molecule has 2 rings (SSSR count). The highest BCUT2D eigenvalue weighted by Crippen LogP contribution is 2.16. The molecule has 0 radical (unpaired) electrons. The predicted octanol–water partition coefficient (Wildman–Crippen LogP) is 2.69. The van der Waals surface area contributed by atoms with Crippen molar-refractivity contribution in [1.29, 1.82) is 0 Å². The molecule has 0 amide bonds. The van der Waals surface area contributed by atoms with Crippen LogP contribution in [0.2, 0.25) is 0 Å². The van der Waals surface area contributed by atoms with Gasteiger partial charge in [0.15, 0.2) is 0 Å². The lowest BCUT2D eigenvalue weighted by Gasteiger charge is -2.06. The summed E-state index contributed by atoms with van der Waals surface area (Å²) in [6.07, 6.45) is 5.08. The van der Waals surface area contributed by atoms with Crippen molar-refractivity contribution in [3.63, 3.8) is 0 Å². The smallest absolute Gasteiger partial charge is 0.146 e. The van der Waals surface area contributed by atoms with Gasteiger partial charge in [-0.25, -0.2) is 0 Å². The van der Waals surface area contributed by atoms with Crippen LogP contribution >= 0.6 is 0 Å². The average Bonchev–Trinajstić information content (AvgIpc) is 2.80. The normalized spacial score (nSPS) is 10.1. The van der Waals surface area contributed by atoms with Crippen molar-refractivity contribution in [2.45, 2.75) is 13.5 Å². The molecule has 0 aliphatic carbocycles. The van der Waals surface area contributed by atoms with Crippen LogP contribution in [0.1, 0.15) is 12.7 Å². The highest BCUT2D eigenvalue weighted by Gasteiger charge is 1.99. The number of ether oxygens (including phenoxy) is 1. The van der Waals surface area contributed by atoms with Gasteiger partial charge in [0.1, 0.15) is 18.1 Å². The van der Waals surface area contributed by atoms with E-state index in [9.17, 15) is 0 Å². The van der Waals surface area contributed by atoms with Gasteiger partial charge in [-0.1, -0.05) is 0 Å². The Bertz CT molecular complexity index is 426. The molecule has 16 heavy (non-hydrogen) atoms. The summed E-state index contributed by atoms with van der Waals surface area (Å²) in [4.78, 5) is 4.09. The Kier molecular flexibility index (Phi) is 3.43. The maximum Gasteiger partial charge on any atom is 0.146 e. The second-order valence-electron chi connectivity index (χ2n) is 3.31. The minimum Gasteiger partial charge on any atom is -0.484 e. The quantitative estimate of drug-likeness (QED) is 0.838. The SMILES string of the molecule is CCNc1cncc(OCc2ccco2)c1. The zero-order valence-electron chi connectivity index (χ0n) is 9.14. The third-order valence-electron chi connectivity index (χ3n) is 2.06. The molecule has 0 aromatic carbocycles. The summed E-state index contributed by atoms with van der Waals surface area (Å²) in [6, 6.07) is 5.63. The summed E-state index contributed by atoms with van der Waals surface area (Å²) in [6.45, 7) is 3.32. The molecular formula is C12H14N2O2. The van der Waals surface area contributed by atoms with Gasteiger partial charge < -0.3 is 14.5 Å². The van der Waals surface area contributed by atoms with Gasteiger partial charge in [0.2, 0.25) is 0 Å². The lowest BCUT2D eigenvalue weighted by molar-refractivity contribution is 0.269. The number of hydrogen-bond donors (Lipinski definition) is 1. The number of nitrogens with zero attached hydrogens (tertiary/aromatic N) is 1. The molecule has 0 saturated heterocycles. The first-order valence-corrected chi connectivity index (χ1v) is 5.22. The highest BCUT2D eigenvalue weighted by molar-refractivity contribution is 5.44. The molecule has 0 fully saturated rings. The van der Waals surface area contributed by atoms with Crippen molar-refractivity contribution in [2.75, 3.05) is 11.9 Å². The molecular weight excluding hydrogens is 204 g/mol. The molecule has 2 aromatic heterocycles. The van der Waals surface area contributed by atoms with Gasteiger partial charge in [0.25, 0.3) is 0 Å². The summed E-state index contributed by atoms with van der Waals surface area (Å²) in [5.41, 5.74) is 0.958. The van der Waals surface area contributed by atoms with E-state index in [1.807, 2.05) is 25.1 Å². The van der Waals surface area contributed by atoms with E-state index in [1.165, 1.54) is 0 Å².